The van der Waals surface area contributed by atoms with Crippen molar-refractivity contribution in [2.75, 3.05) is 10.8 Å². The first-order chi connectivity index (χ1) is 21.5. The average molecular weight is 711 g/mol. The van der Waals surface area contributed by atoms with E-state index in [-0.39, 0.29) is 29.8 Å². The summed E-state index contributed by atoms with van der Waals surface area (Å²) in [5.74, 6) is -0.828. The second kappa shape index (κ2) is 15.6. The molecule has 0 aliphatic rings. The third kappa shape index (κ3) is 8.96. The van der Waals surface area contributed by atoms with E-state index < -0.39 is 28.5 Å². The highest BCUT2D eigenvalue weighted by atomic mass is 79.9. The van der Waals surface area contributed by atoms with Gasteiger partial charge in [-0.05, 0) is 79.4 Å². The van der Waals surface area contributed by atoms with Gasteiger partial charge >= 0.3 is 0 Å². The van der Waals surface area contributed by atoms with Crippen LogP contribution in [0, 0.1) is 6.92 Å². The van der Waals surface area contributed by atoms with Crippen molar-refractivity contribution in [1.29, 1.82) is 0 Å². The van der Waals surface area contributed by atoms with Crippen molar-refractivity contribution in [3.05, 3.63) is 129 Å². The Labute approximate surface area is 279 Å². The van der Waals surface area contributed by atoms with Crippen molar-refractivity contribution in [3.8, 4) is 0 Å². The Morgan fingerprint density at radius 1 is 0.889 bits per heavy atom. The lowest BCUT2D eigenvalue weighted by Gasteiger charge is -2.34. The number of amides is 2. The molecule has 2 atom stereocenters. The molecular weight excluding hydrogens is 674 g/mol. The van der Waals surface area contributed by atoms with Gasteiger partial charge in [-0.15, -0.1) is 0 Å². The van der Waals surface area contributed by atoms with Gasteiger partial charge in [0, 0.05) is 28.5 Å². The van der Waals surface area contributed by atoms with E-state index in [9.17, 15) is 18.0 Å². The van der Waals surface area contributed by atoms with E-state index in [0.29, 0.717) is 22.7 Å². The summed E-state index contributed by atoms with van der Waals surface area (Å²) in [6.45, 7) is 5.20. The number of hydrogen-bond donors (Lipinski definition) is 1. The fourth-order valence-electron chi connectivity index (χ4n) is 4.91. The second-order valence-corrected chi connectivity index (χ2v) is 14.1. The van der Waals surface area contributed by atoms with Crippen LogP contribution in [-0.4, -0.2) is 43.8 Å². The summed E-state index contributed by atoms with van der Waals surface area (Å²) in [6.07, 6.45) is 0.959. The smallest absolute Gasteiger partial charge is 0.264 e. The van der Waals surface area contributed by atoms with Crippen molar-refractivity contribution in [2.24, 2.45) is 0 Å². The maximum atomic E-state index is 14.6. The Hall–Kier alpha value is -3.66. The minimum atomic E-state index is -4.19. The summed E-state index contributed by atoms with van der Waals surface area (Å²) in [5, 5.41) is 3.50. The molecule has 0 radical (unpaired) electrons. The zero-order valence-corrected chi connectivity index (χ0v) is 28.6. The normalized spacial score (nSPS) is 12.6. The van der Waals surface area contributed by atoms with Gasteiger partial charge < -0.3 is 10.2 Å². The molecule has 0 heterocycles. The molecular formula is C35H37BrClN3O4S. The van der Waals surface area contributed by atoms with E-state index >= 15 is 0 Å². The molecule has 0 aromatic heterocycles. The van der Waals surface area contributed by atoms with E-state index in [1.165, 1.54) is 17.0 Å². The number of aryl methyl sites for hydroxylation is 1. The predicted molar refractivity (Wildman–Crippen MR) is 184 cm³/mol. The number of carbonyl (C=O) groups is 2. The van der Waals surface area contributed by atoms with Crippen molar-refractivity contribution in [1.82, 2.24) is 10.2 Å². The van der Waals surface area contributed by atoms with Gasteiger partial charge in [-0.2, -0.15) is 0 Å². The fraction of sp³-hybridized carbons (Fsp3) is 0.257. The number of sulfonamides is 1. The number of rotatable bonds is 13. The second-order valence-electron chi connectivity index (χ2n) is 10.9. The minimum Gasteiger partial charge on any atom is -0.352 e. The average Bonchev–Trinajstić information content (AvgIpc) is 3.03. The van der Waals surface area contributed by atoms with Gasteiger partial charge in [0.25, 0.3) is 10.0 Å². The van der Waals surface area contributed by atoms with Gasteiger partial charge in [-0.25, -0.2) is 8.42 Å². The monoisotopic (exact) mass is 709 g/mol. The molecule has 0 spiro atoms. The van der Waals surface area contributed by atoms with Gasteiger partial charge in [0.2, 0.25) is 11.8 Å². The largest absolute Gasteiger partial charge is 0.352 e. The molecule has 0 fully saturated rings. The molecule has 1 N–H and O–H groups in total. The van der Waals surface area contributed by atoms with Crippen LogP contribution < -0.4 is 9.62 Å². The van der Waals surface area contributed by atoms with E-state index in [2.05, 4.69) is 21.2 Å². The number of anilines is 1. The molecule has 4 aromatic rings. The Morgan fingerprint density at radius 3 is 2.11 bits per heavy atom. The number of nitrogens with one attached hydrogen (secondary N) is 1. The Balaban J connectivity index is 1.82. The summed E-state index contributed by atoms with van der Waals surface area (Å²) in [6, 6.07) is 28.8. The summed E-state index contributed by atoms with van der Waals surface area (Å²) < 4.78 is 30.3. The fourth-order valence-corrected chi connectivity index (χ4v) is 6.90. The van der Waals surface area contributed by atoms with Gasteiger partial charge in [-0.3, -0.25) is 13.9 Å². The maximum Gasteiger partial charge on any atom is 0.264 e. The first kappa shape index (κ1) is 34.2. The zero-order valence-electron chi connectivity index (χ0n) is 25.5. The molecule has 0 bridgehead atoms. The summed E-state index contributed by atoms with van der Waals surface area (Å²) in [5.41, 5.74) is 2.58. The molecule has 7 nitrogen and oxygen atoms in total. The number of benzene rings is 4. The van der Waals surface area contributed by atoms with Gasteiger partial charge in [0.1, 0.15) is 12.6 Å². The Bertz CT molecular complexity index is 1700. The number of nitrogens with zero attached hydrogens (tertiary/aromatic N) is 2. The highest BCUT2D eigenvalue weighted by Crippen LogP contribution is 2.29. The molecule has 10 heteroatoms. The summed E-state index contributed by atoms with van der Waals surface area (Å²) in [7, 11) is -4.19. The van der Waals surface area contributed by atoms with Gasteiger partial charge in [-0.1, -0.05) is 95.1 Å². The molecule has 0 saturated heterocycles. The van der Waals surface area contributed by atoms with Crippen molar-refractivity contribution >= 4 is 55.1 Å². The van der Waals surface area contributed by atoms with Crippen LogP contribution in [0.25, 0.3) is 0 Å². The number of halogens is 2. The van der Waals surface area contributed by atoms with Crippen LogP contribution in [-0.2, 0) is 32.6 Å². The highest BCUT2D eigenvalue weighted by Gasteiger charge is 2.35. The van der Waals surface area contributed by atoms with E-state index in [1.807, 2.05) is 68.4 Å². The molecule has 2 amide bonds. The van der Waals surface area contributed by atoms with Crippen molar-refractivity contribution < 1.29 is 18.0 Å². The highest BCUT2D eigenvalue weighted by molar-refractivity contribution is 9.10. The van der Waals surface area contributed by atoms with Crippen LogP contribution >= 0.6 is 27.5 Å². The van der Waals surface area contributed by atoms with Crippen LogP contribution in [0.4, 0.5) is 5.69 Å². The van der Waals surface area contributed by atoms with Gasteiger partial charge in [0.15, 0.2) is 0 Å². The number of carbonyl (C=O) groups excluding carboxylic acids is 2. The number of hydrogen-bond acceptors (Lipinski definition) is 4. The van der Waals surface area contributed by atoms with Crippen LogP contribution in [0.3, 0.4) is 0 Å². The lowest BCUT2D eigenvalue weighted by molar-refractivity contribution is -0.140. The standard InChI is InChI=1S/C35H37BrClN3O4S/c1-4-26(3)38-35(42)33(22-27-11-7-5-8-12-27)39(23-28-15-17-29(36)18-16-28)34(41)24-40(32-20-19-30(37)21-25(32)2)45(43,44)31-13-9-6-10-14-31/h5-21,26,33H,4,22-24H2,1-3H3,(H,38,42)/t26-,33+/m1/s1. The molecule has 45 heavy (non-hydrogen) atoms. The first-order valence-corrected chi connectivity index (χ1v) is 17.3. The van der Waals surface area contributed by atoms with E-state index in [0.717, 1.165) is 19.9 Å². The van der Waals surface area contributed by atoms with Gasteiger partial charge in [0.05, 0.1) is 10.6 Å². The minimum absolute atomic E-state index is 0.0435. The topological polar surface area (TPSA) is 86.8 Å². The van der Waals surface area contributed by atoms with Crippen molar-refractivity contribution in [2.45, 2.75) is 57.1 Å². The molecule has 0 saturated carbocycles. The van der Waals surface area contributed by atoms with Crippen molar-refractivity contribution in [3.63, 3.8) is 0 Å². The maximum absolute atomic E-state index is 14.6. The Kier molecular flexibility index (Phi) is 11.8. The lowest BCUT2D eigenvalue weighted by Crippen LogP contribution is -2.54. The summed E-state index contributed by atoms with van der Waals surface area (Å²) in [4.78, 5) is 30.0. The summed E-state index contributed by atoms with van der Waals surface area (Å²) >= 11 is 9.69. The lowest BCUT2D eigenvalue weighted by atomic mass is 10.0. The molecule has 0 unspecified atom stereocenters. The third-order valence-corrected chi connectivity index (χ3v) is 10.1. The van der Waals surface area contributed by atoms with Crippen LogP contribution in [0.15, 0.2) is 112 Å². The van der Waals surface area contributed by atoms with Crippen LogP contribution in [0.2, 0.25) is 5.02 Å². The molecule has 236 valence electrons. The predicted octanol–water partition coefficient (Wildman–Crippen LogP) is 7.16. The molecule has 4 aromatic carbocycles. The molecule has 4 rings (SSSR count). The molecule has 0 aliphatic carbocycles. The SMILES string of the molecule is CC[C@@H](C)NC(=O)[C@H](Cc1ccccc1)N(Cc1ccc(Br)cc1)C(=O)CN(c1ccc(Cl)cc1C)S(=O)(=O)c1ccccc1. The zero-order chi connectivity index (χ0) is 32.6. The quantitative estimate of drug-likeness (QED) is 0.160. The Morgan fingerprint density at radius 2 is 1.51 bits per heavy atom. The van der Waals surface area contributed by atoms with Crippen LogP contribution in [0.1, 0.15) is 37.0 Å². The third-order valence-electron chi connectivity index (χ3n) is 7.58. The van der Waals surface area contributed by atoms with E-state index in [4.69, 9.17) is 11.6 Å². The van der Waals surface area contributed by atoms with Crippen LogP contribution in [0.5, 0.6) is 0 Å². The molecule has 0 aliphatic heterocycles. The first-order valence-electron chi connectivity index (χ1n) is 14.7. The van der Waals surface area contributed by atoms with E-state index in [1.54, 1.807) is 43.3 Å².